The Morgan fingerprint density at radius 2 is 1.59 bits per heavy atom. The molecule has 0 saturated heterocycles. The monoisotopic (exact) mass is 510 g/mol. The van der Waals surface area contributed by atoms with Gasteiger partial charge in [-0.05, 0) is 68.1 Å². The van der Waals surface area contributed by atoms with Crippen molar-refractivity contribution in [3.05, 3.63) is 46.5 Å². The first kappa shape index (κ1) is 25.9. The van der Waals surface area contributed by atoms with E-state index in [1.165, 1.54) is 0 Å². The van der Waals surface area contributed by atoms with Crippen molar-refractivity contribution < 1.29 is 34.6 Å². The van der Waals surface area contributed by atoms with Crippen LogP contribution in [0.5, 0.6) is 23.0 Å². The fourth-order valence-electron chi connectivity index (χ4n) is 6.43. The van der Waals surface area contributed by atoms with E-state index >= 15 is 0 Å². The molecule has 2 aromatic carbocycles. The van der Waals surface area contributed by atoms with Crippen LogP contribution >= 0.6 is 0 Å². The Morgan fingerprint density at radius 3 is 2.27 bits per heavy atom. The van der Waals surface area contributed by atoms with E-state index in [1.54, 1.807) is 13.2 Å². The summed E-state index contributed by atoms with van der Waals surface area (Å²) in [5.74, 6) is 1.97. The van der Waals surface area contributed by atoms with E-state index in [0.717, 1.165) is 16.7 Å². The minimum atomic E-state index is -0.850. The van der Waals surface area contributed by atoms with Crippen LogP contribution in [0.25, 0.3) is 12.2 Å². The van der Waals surface area contributed by atoms with Crippen LogP contribution in [0.1, 0.15) is 63.3 Å². The Balaban J connectivity index is 1.48. The number of rotatable bonds is 3. The summed E-state index contributed by atoms with van der Waals surface area (Å²) >= 11 is 0. The molecule has 0 spiro atoms. The normalized spacial score (nSPS) is 31.5. The molecule has 4 N–H and O–H groups in total. The van der Waals surface area contributed by atoms with E-state index in [0.29, 0.717) is 42.1 Å². The number of aromatic hydroxyl groups is 1. The summed E-state index contributed by atoms with van der Waals surface area (Å²) in [5, 5.41) is 42.2. The first-order valence-corrected chi connectivity index (χ1v) is 12.9. The fraction of sp³-hybridized carbons (Fsp3) is 0.533. The summed E-state index contributed by atoms with van der Waals surface area (Å²) in [6.07, 6.45) is 2.85. The molecule has 2 aromatic rings. The maximum Gasteiger partial charge on any atom is 0.165 e. The Hall–Kier alpha value is -2.74. The minimum Gasteiger partial charge on any atom is -0.508 e. The molecule has 7 nitrogen and oxygen atoms in total. The third-order valence-corrected chi connectivity index (χ3v) is 8.76. The average Bonchev–Trinajstić information content (AvgIpc) is 2.81. The van der Waals surface area contributed by atoms with Crippen molar-refractivity contribution in [2.24, 2.45) is 11.3 Å². The number of phenolic OH excluding ortho intramolecular Hbond substituents is 1. The van der Waals surface area contributed by atoms with Gasteiger partial charge < -0.3 is 34.6 Å². The van der Waals surface area contributed by atoms with Gasteiger partial charge in [0.25, 0.3) is 0 Å². The summed E-state index contributed by atoms with van der Waals surface area (Å²) in [7, 11) is 1.61. The number of hydrogen-bond acceptors (Lipinski definition) is 7. The largest absolute Gasteiger partial charge is 0.508 e. The van der Waals surface area contributed by atoms with E-state index in [9.17, 15) is 20.4 Å². The molecular formula is C30H38O7. The molecule has 0 aromatic heterocycles. The topological polar surface area (TPSA) is 109 Å². The van der Waals surface area contributed by atoms with Gasteiger partial charge in [-0.2, -0.15) is 0 Å². The lowest BCUT2D eigenvalue weighted by molar-refractivity contribution is -0.187. The molecule has 2 aliphatic heterocycles. The van der Waals surface area contributed by atoms with Gasteiger partial charge in [0, 0.05) is 29.7 Å². The fourth-order valence-corrected chi connectivity index (χ4v) is 6.43. The average molecular weight is 511 g/mol. The van der Waals surface area contributed by atoms with Gasteiger partial charge in [-0.1, -0.05) is 26.0 Å². The Morgan fingerprint density at radius 1 is 0.919 bits per heavy atom. The number of aliphatic hydroxyl groups is 3. The number of benzene rings is 2. The third kappa shape index (κ3) is 4.27. The van der Waals surface area contributed by atoms with Gasteiger partial charge in [0.05, 0.1) is 25.4 Å². The zero-order valence-electron chi connectivity index (χ0n) is 22.4. The molecule has 7 heteroatoms. The molecule has 5 rings (SSSR count). The quantitative estimate of drug-likeness (QED) is 0.460. The van der Waals surface area contributed by atoms with E-state index in [2.05, 4.69) is 6.07 Å². The lowest BCUT2D eigenvalue weighted by atomic mass is 9.57. The molecule has 37 heavy (non-hydrogen) atoms. The standard InChI is InChI=1S/C30H38O7/c1-28(2)24-13-18-9-16(12-23(35-6)26(18)37-30(24,5)15-21(32)27(28)34)7-8-17-10-20(31)19-14-25(33)29(3,4)36-22(19)11-17/h7-12,21,24-25,27,31-34H,13-15H2,1-6H3. The summed E-state index contributed by atoms with van der Waals surface area (Å²) < 4.78 is 18.2. The van der Waals surface area contributed by atoms with Crippen molar-refractivity contribution in [2.45, 2.75) is 83.4 Å². The van der Waals surface area contributed by atoms with Crippen LogP contribution in [0.3, 0.4) is 0 Å². The van der Waals surface area contributed by atoms with Gasteiger partial charge in [0.1, 0.15) is 22.7 Å². The Kier molecular flexibility index (Phi) is 6.05. The number of phenols is 1. The van der Waals surface area contributed by atoms with Gasteiger partial charge in [-0.3, -0.25) is 0 Å². The van der Waals surface area contributed by atoms with Gasteiger partial charge in [0.15, 0.2) is 11.5 Å². The van der Waals surface area contributed by atoms with Gasteiger partial charge in [-0.25, -0.2) is 0 Å². The van der Waals surface area contributed by atoms with Crippen molar-refractivity contribution >= 4 is 12.2 Å². The lowest BCUT2D eigenvalue weighted by Gasteiger charge is -2.56. The molecule has 0 radical (unpaired) electrons. The van der Waals surface area contributed by atoms with Gasteiger partial charge in [-0.15, -0.1) is 0 Å². The minimum absolute atomic E-state index is 0.00304. The second-order valence-corrected chi connectivity index (χ2v) is 12.2. The molecule has 200 valence electrons. The number of hydrogen-bond donors (Lipinski definition) is 4. The molecule has 3 aliphatic rings. The zero-order chi connectivity index (χ0) is 26.9. The molecule has 1 fully saturated rings. The Bertz CT molecular complexity index is 1250. The highest BCUT2D eigenvalue weighted by Crippen LogP contribution is 2.55. The van der Waals surface area contributed by atoms with Gasteiger partial charge >= 0.3 is 0 Å². The van der Waals surface area contributed by atoms with E-state index in [1.807, 2.05) is 58.9 Å². The number of ether oxygens (including phenoxy) is 3. The van der Waals surface area contributed by atoms with E-state index in [-0.39, 0.29) is 11.7 Å². The highest BCUT2D eigenvalue weighted by atomic mass is 16.5. The van der Waals surface area contributed by atoms with Crippen LogP contribution in [-0.2, 0) is 12.8 Å². The highest BCUT2D eigenvalue weighted by molar-refractivity contribution is 5.74. The van der Waals surface area contributed by atoms with Crippen molar-refractivity contribution in [1.82, 2.24) is 0 Å². The third-order valence-electron chi connectivity index (χ3n) is 8.76. The first-order chi connectivity index (χ1) is 17.2. The van der Waals surface area contributed by atoms with Crippen LogP contribution in [0, 0.1) is 11.3 Å². The molecule has 1 saturated carbocycles. The Labute approximate surface area is 218 Å². The summed E-state index contributed by atoms with van der Waals surface area (Å²) in [5.41, 5.74) is 1.39. The maximum absolute atomic E-state index is 10.7. The molecule has 5 unspecified atom stereocenters. The SMILES string of the molecule is COc1cc(C=Cc2cc(O)c3c(c2)OC(C)(C)C(O)C3)cc2c1OC1(C)CC(O)C(O)C(C)(C)C1C2. The lowest BCUT2D eigenvalue weighted by Crippen LogP contribution is -2.63. The summed E-state index contributed by atoms with van der Waals surface area (Å²) in [6.45, 7) is 9.65. The number of aliphatic hydroxyl groups excluding tert-OH is 3. The van der Waals surface area contributed by atoms with Crippen molar-refractivity contribution in [2.75, 3.05) is 7.11 Å². The van der Waals surface area contributed by atoms with Gasteiger partial charge in [0.2, 0.25) is 0 Å². The predicted molar refractivity (Wildman–Crippen MR) is 141 cm³/mol. The second-order valence-electron chi connectivity index (χ2n) is 12.2. The summed E-state index contributed by atoms with van der Waals surface area (Å²) in [4.78, 5) is 0. The van der Waals surface area contributed by atoms with Crippen LogP contribution in [0.15, 0.2) is 24.3 Å². The zero-order valence-corrected chi connectivity index (χ0v) is 22.4. The number of methoxy groups -OCH3 is 1. The molecule has 0 bridgehead atoms. The molecular weight excluding hydrogens is 472 g/mol. The van der Waals surface area contributed by atoms with Crippen LogP contribution < -0.4 is 14.2 Å². The first-order valence-electron chi connectivity index (χ1n) is 12.9. The smallest absolute Gasteiger partial charge is 0.165 e. The maximum atomic E-state index is 10.7. The van der Waals surface area contributed by atoms with Crippen molar-refractivity contribution in [3.63, 3.8) is 0 Å². The molecule has 1 aliphatic carbocycles. The molecule has 0 amide bonds. The van der Waals surface area contributed by atoms with Crippen LogP contribution in [0.2, 0.25) is 0 Å². The van der Waals surface area contributed by atoms with Crippen LogP contribution in [0.4, 0.5) is 0 Å². The second kappa shape index (κ2) is 8.65. The number of fused-ring (bicyclic) bond motifs is 3. The summed E-state index contributed by atoms with van der Waals surface area (Å²) in [6, 6.07) is 7.52. The molecule has 2 heterocycles. The highest BCUT2D eigenvalue weighted by Gasteiger charge is 2.58. The predicted octanol–water partition coefficient (Wildman–Crippen LogP) is 4.11. The van der Waals surface area contributed by atoms with E-state index < -0.39 is 34.9 Å². The van der Waals surface area contributed by atoms with Crippen LogP contribution in [-0.4, -0.2) is 57.0 Å². The van der Waals surface area contributed by atoms with E-state index in [4.69, 9.17) is 14.2 Å². The van der Waals surface area contributed by atoms with Crippen molar-refractivity contribution in [3.8, 4) is 23.0 Å². The molecule has 5 atom stereocenters. The van der Waals surface area contributed by atoms with Crippen molar-refractivity contribution in [1.29, 1.82) is 0 Å².